The summed E-state index contributed by atoms with van der Waals surface area (Å²) in [5.41, 5.74) is 2.23. The average Bonchev–Trinajstić information content (AvgIpc) is 2.30. The first-order valence-electron chi connectivity index (χ1n) is 6.56. The maximum atomic E-state index is 10.2. The zero-order chi connectivity index (χ0) is 12.8. The number of aliphatic hydroxyl groups excluding tert-OH is 2. The van der Waals surface area contributed by atoms with E-state index in [1.54, 1.807) is 0 Å². The highest BCUT2D eigenvalue weighted by Crippen LogP contribution is 2.51. The van der Waals surface area contributed by atoms with Gasteiger partial charge in [-0.15, -0.1) is 0 Å². The molecule has 0 heterocycles. The SMILES string of the molecule is C=C1C[C@@H](O)C=C(C)[C@@H]2[C@@H]1CC[C@@H](O)C2(C)C. The molecule has 0 bridgehead atoms. The Morgan fingerprint density at radius 1 is 1.29 bits per heavy atom. The quantitative estimate of drug-likeness (QED) is 0.635. The lowest BCUT2D eigenvalue weighted by molar-refractivity contribution is -0.0355. The molecule has 1 saturated carbocycles. The molecule has 0 amide bonds. The van der Waals surface area contributed by atoms with Crippen molar-refractivity contribution in [2.24, 2.45) is 17.3 Å². The number of rotatable bonds is 0. The summed E-state index contributed by atoms with van der Waals surface area (Å²) in [4.78, 5) is 0. The Hall–Kier alpha value is -0.600. The zero-order valence-electron chi connectivity index (χ0n) is 11.1. The standard InChI is InChI=1S/C15H24O2/c1-9-7-11(16)8-10(2)14-12(9)5-6-13(17)15(14,3)4/h8,11-14,16-17H,1,5-7H2,2-4H3/t11-,12-,13-,14-/m1/s1. The molecule has 0 aliphatic heterocycles. The molecule has 0 aromatic rings. The van der Waals surface area contributed by atoms with Crippen molar-refractivity contribution >= 4 is 0 Å². The highest BCUT2D eigenvalue weighted by molar-refractivity contribution is 5.24. The maximum Gasteiger partial charge on any atom is 0.0760 e. The van der Waals surface area contributed by atoms with Gasteiger partial charge in [0.1, 0.15) is 0 Å². The summed E-state index contributed by atoms with van der Waals surface area (Å²) in [7, 11) is 0. The second kappa shape index (κ2) is 4.25. The van der Waals surface area contributed by atoms with Crippen molar-refractivity contribution < 1.29 is 10.2 Å². The van der Waals surface area contributed by atoms with Gasteiger partial charge in [-0.25, -0.2) is 0 Å². The van der Waals surface area contributed by atoms with Crippen LogP contribution >= 0.6 is 0 Å². The minimum absolute atomic E-state index is 0.128. The molecule has 0 aromatic carbocycles. The summed E-state index contributed by atoms with van der Waals surface area (Å²) in [6.07, 6.45) is 3.80. The normalized spacial score (nSPS) is 41.5. The van der Waals surface area contributed by atoms with Crippen LogP contribution in [-0.4, -0.2) is 22.4 Å². The van der Waals surface area contributed by atoms with Gasteiger partial charge in [-0.2, -0.15) is 0 Å². The van der Waals surface area contributed by atoms with Gasteiger partial charge in [0.25, 0.3) is 0 Å². The number of hydrogen-bond donors (Lipinski definition) is 2. The number of aliphatic hydroxyl groups is 2. The van der Waals surface area contributed by atoms with Crippen LogP contribution in [0.15, 0.2) is 23.8 Å². The smallest absolute Gasteiger partial charge is 0.0760 e. The summed E-state index contributed by atoms with van der Waals surface area (Å²) < 4.78 is 0. The number of hydrogen-bond acceptors (Lipinski definition) is 2. The highest BCUT2D eigenvalue weighted by Gasteiger charge is 2.47. The molecule has 0 spiro atoms. The van der Waals surface area contributed by atoms with E-state index in [4.69, 9.17) is 0 Å². The van der Waals surface area contributed by atoms with E-state index in [1.807, 2.05) is 6.08 Å². The van der Waals surface area contributed by atoms with Crippen molar-refractivity contribution in [1.29, 1.82) is 0 Å². The van der Waals surface area contributed by atoms with Crippen LogP contribution in [0.4, 0.5) is 0 Å². The van der Waals surface area contributed by atoms with E-state index < -0.39 is 6.10 Å². The number of allylic oxidation sites excluding steroid dienone is 1. The third kappa shape index (κ3) is 2.09. The molecule has 0 radical (unpaired) electrons. The van der Waals surface area contributed by atoms with Crippen LogP contribution in [0.1, 0.15) is 40.0 Å². The first kappa shape index (κ1) is 12.8. The van der Waals surface area contributed by atoms with Crippen molar-refractivity contribution in [3.8, 4) is 0 Å². The van der Waals surface area contributed by atoms with E-state index in [1.165, 1.54) is 5.57 Å². The number of fused-ring (bicyclic) bond motifs is 1. The third-order valence-corrected chi connectivity index (χ3v) is 4.76. The first-order valence-corrected chi connectivity index (χ1v) is 6.56. The van der Waals surface area contributed by atoms with Gasteiger partial charge < -0.3 is 10.2 Å². The molecule has 2 N–H and O–H groups in total. The fourth-order valence-electron chi connectivity index (χ4n) is 3.83. The highest BCUT2D eigenvalue weighted by atomic mass is 16.3. The lowest BCUT2D eigenvalue weighted by Gasteiger charge is -2.48. The molecule has 2 rings (SSSR count). The van der Waals surface area contributed by atoms with Crippen LogP contribution in [0.2, 0.25) is 0 Å². The van der Waals surface area contributed by atoms with Crippen molar-refractivity contribution in [2.45, 2.75) is 52.2 Å². The molecule has 4 atom stereocenters. The topological polar surface area (TPSA) is 40.5 Å². The van der Waals surface area contributed by atoms with Gasteiger partial charge in [0.05, 0.1) is 12.2 Å². The van der Waals surface area contributed by atoms with Gasteiger partial charge in [-0.3, -0.25) is 0 Å². The monoisotopic (exact) mass is 236 g/mol. The lowest BCUT2D eigenvalue weighted by Crippen LogP contribution is -2.45. The minimum Gasteiger partial charge on any atom is -0.393 e. The van der Waals surface area contributed by atoms with Crippen LogP contribution in [0.5, 0.6) is 0 Å². The lowest BCUT2D eigenvalue weighted by atomic mass is 9.58. The molecular weight excluding hydrogens is 212 g/mol. The fraction of sp³-hybridized carbons (Fsp3) is 0.733. The first-order chi connectivity index (χ1) is 7.84. The van der Waals surface area contributed by atoms with E-state index in [2.05, 4.69) is 27.4 Å². The Bertz CT molecular complexity index is 354. The van der Waals surface area contributed by atoms with Gasteiger partial charge >= 0.3 is 0 Å². The van der Waals surface area contributed by atoms with Gasteiger partial charge in [0.2, 0.25) is 0 Å². The largest absolute Gasteiger partial charge is 0.393 e. The maximum absolute atomic E-state index is 10.2. The van der Waals surface area contributed by atoms with Crippen molar-refractivity contribution in [3.63, 3.8) is 0 Å². The molecule has 96 valence electrons. The van der Waals surface area contributed by atoms with Crippen molar-refractivity contribution in [2.75, 3.05) is 0 Å². The van der Waals surface area contributed by atoms with Gasteiger partial charge in [-0.1, -0.05) is 37.6 Å². The summed E-state index contributed by atoms with van der Waals surface area (Å²) in [5, 5.41) is 20.1. The van der Waals surface area contributed by atoms with E-state index in [0.29, 0.717) is 18.3 Å². The molecule has 2 nitrogen and oxygen atoms in total. The summed E-state index contributed by atoms with van der Waals surface area (Å²) >= 11 is 0. The predicted octanol–water partition coefficient (Wildman–Crippen LogP) is 2.67. The Morgan fingerprint density at radius 3 is 2.59 bits per heavy atom. The predicted molar refractivity (Wildman–Crippen MR) is 69.5 cm³/mol. The summed E-state index contributed by atoms with van der Waals surface area (Å²) in [6, 6.07) is 0. The second-order valence-corrected chi connectivity index (χ2v) is 6.34. The van der Waals surface area contributed by atoms with Gasteiger partial charge in [-0.05, 0) is 43.4 Å². The Balaban J connectivity index is 2.42. The average molecular weight is 236 g/mol. The summed E-state index contributed by atoms with van der Waals surface area (Å²) in [6.45, 7) is 10.5. The van der Waals surface area contributed by atoms with Crippen LogP contribution in [0.25, 0.3) is 0 Å². The summed E-state index contributed by atoms with van der Waals surface area (Å²) in [5.74, 6) is 0.734. The Morgan fingerprint density at radius 2 is 1.94 bits per heavy atom. The second-order valence-electron chi connectivity index (χ2n) is 6.34. The van der Waals surface area contributed by atoms with Crippen LogP contribution in [0, 0.1) is 17.3 Å². The zero-order valence-corrected chi connectivity index (χ0v) is 11.1. The minimum atomic E-state index is -0.402. The van der Waals surface area contributed by atoms with Crippen LogP contribution < -0.4 is 0 Å². The molecule has 2 aliphatic carbocycles. The van der Waals surface area contributed by atoms with E-state index in [9.17, 15) is 10.2 Å². The van der Waals surface area contributed by atoms with Gasteiger partial charge in [0.15, 0.2) is 0 Å². The molecule has 1 fully saturated rings. The van der Waals surface area contributed by atoms with Gasteiger partial charge in [0, 0.05) is 0 Å². The molecule has 2 heteroatoms. The van der Waals surface area contributed by atoms with E-state index >= 15 is 0 Å². The van der Waals surface area contributed by atoms with Crippen LogP contribution in [0.3, 0.4) is 0 Å². The third-order valence-electron chi connectivity index (χ3n) is 4.76. The molecule has 2 aliphatic rings. The Kier molecular flexibility index (Phi) is 3.21. The molecule has 0 unspecified atom stereocenters. The van der Waals surface area contributed by atoms with Crippen LogP contribution in [-0.2, 0) is 0 Å². The fourth-order valence-corrected chi connectivity index (χ4v) is 3.83. The molecule has 0 saturated heterocycles. The molecule has 17 heavy (non-hydrogen) atoms. The van der Waals surface area contributed by atoms with Crippen molar-refractivity contribution in [3.05, 3.63) is 23.8 Å². The Labute approximate surface area is 104 Å². The molecular formula is C15H24O2. The van der Waals surface area contributed by atoms with E-state index in [-0.39, 0.29) is 11.5 Å². The van der Waals surface area contributed by atoms with Crippen molar-refractivity contribution in [1.82, 2.24) is 0 Å². The molecule has 0 aromatic heterocycles. The van der Waals surface area contributed by atoms with E-state index in [0.717, 1.165) is 18.4 Å².